The number of hydrogen-bond acceptors (Lipinski definition) is 8. The van der Waals surface area contributed by atoms with Gasteiger partial charge >= 0.3 is 0 Å². The minimum atomic E-state index is 0.224. The van der Waals surface area contributed by atoms with Gasteiger partial charge in [0.2, 0.25) is 11.9 Å². The minimum Gasteiger partial charge on any atom is -0.368 e. The molecule has 1 fully saturated rings. The quantitative estimate of drug-likeness (QED) is 0.469. The second-order valence-electron chi connectivity index (χ2n) is 7.25. The van der Waals surface area contributed by atoms with Crippen LogP contribution in [0.3, 0.4) is 0 Å². The molecule has 1 aromatic carbocycles. The minimum absolute atomic E-state index is 0.224. The van der Waals surface area contributed by atoms with Gasteiger partial charge in [0.05, 0.1) is 5.75 Å². The van der Waals surface area contributed by atoms with Gasteiger partial charge < -0.3 is 15.6 Å². The summed E-state index contributed by atoms with van der Waals surface area (Å²) in [6.45, 7) is 0. The fourth-order valence-electron chi connectivity index (χ4n) is 3.30. The van der Waals surface area contributed by atoms with E-state index in [1.165, 1.54) is 0 Å². The predicted molar refractivity (Wildman–Crippen MR) is 114 cm³/mol. The molecule has 0 radical (unpaired) electrons. The average molecular weight is 408 g/mol. The van der Waals surface area contributed by atoms with Crippen molar-refractivity contribution in [2.45, 2.75) is 29.8 Å². The first kappa shape index (κ1) is 17.9. The third-order valence-electron chi connectivity index (χ3n) is 4.82. The van der Waals surface area contributed by atoms with E-state index in [9.17, 15) is 0 Å². The monoisotopic (exact) mass is 407 g/mol. The summed E-state index contributed by atoms with van der Waals surface area (Å²) in [5.74, 6) is 2.85. The molecule has 0 atom stereocenters. The van der Waals surface area contributed by atoms with Crippen LogP contribution in [-0.4, -0.2) is 48.8 Å². The highest BCUT2D eigenvalue weighted by Crippen LogP contribution is 2.42. The molecule has 0 bridgehead atoms. The van der Waals surface area contributed by atoms with Crippen molar-refractivity contribution < 1.29 is 0 Å². The number of benzene rings is 1. The lowest BCUT2D eigenvalue weighted by Crippen LogP contribution is -2.16. The maximum absolute atomic E-state index is 5.84. The number of aromatic nitrogens is 7. The van der Waals surface area contributed by atoms with Gasteiger partial charge in [0.15, 0.2) is 11.0 Å². The van der Waals surface area contributed by atoms with E-state index in [1.807, 2.05) is 37.3 Å². The highest BCUT2D eigenvalue weighted by atomic mass is 32.2. The number of rotatable bonds is 6. The molecule has 0 unspecified atom stereocenters. The van der Waals surface area contributed by atoms with Crippen molar-refractivity contribution in [1.29, 1.82) is 0 Å². The van der Waals surface area contributed by atoms with Gasteiger partial charge in [0.1, 0.15) is 5.82 Å². The smallest absolute Gasteiger partial charge is 0.229 e. The number of anilines is 2. The lowest BCUT2D eigenvalue weighted by Gasteiger charge is -2.11. The van der Waals surface area contributed by atoms with E-state index in [0.29, 0.717) is 23.6 Å². The van der Waals surface area contributed by atoms with Gasteiger partial charge in [-0.05, 0) is 18.9 Å². The van der Waals surface area contributed by atoms with Crippen LogP contribution in [0.25, 0.3) is 22.3 Å². The fourth-order valence-corrected chi connectivity index (χ4v) is 4.16. The molecule has 29 heavy (non-hydrogen) atoms. The van der Waals surface area contributed by atoms with Crippen LogP contribution in [0.5, 0.6) is 0 Å². The molecule has 1 aliphatic carbocycles. The number of nitrogen functional groups attached to an aromatic ring is 1. The molecule has 3 aromatic heterocycles. The van der Waals surface area contributed by atoms with Gasteiger partial charge in [-0.15, -0.1) is 10.2 Å². The standard InChI is InChI=1S/C19H21N9S/c1-27(2)18-23-15(22-17(20)24-18)10-29-19-26-25-16(28(19)11-7-8-11)13-9-21-14-6-4-3-5-12(13)14/h3-6,9,11,21H,7-8,10H2,1-2H3,(H2,20,22,23,24). The Labute approximate surface area is 171 Å². The summed E-state index contributed by atoms with van der Waals surface area (Å²) in [7, 11) is 3.76. The third kappa shape index (κ3) is 3.39. The molecule has 4 aromatic rings. The molecule has 10 heteroatoms. The summed E-state index contributed by atoms with van der Waals surface area (Å²) < 4.78 is 2.25. The lowest BCUT2D eigenvalue weighted by atomic mass is 10.1. The van der Waals surface area contributed by atoms with Crippen molar-refractivity contribution in [2.75, 3.05) is 24.7 Å². The average Bonchev–Trinajstić information content (AvgIpc) is 3.32. The first-order valence-electron chi connectivity index (χ1n) is 9.42. The van der Waals surface area contributed by atoms with E-state index in [1.54, 1.807) is 11.8 Å². The van der Waals surface area contributed by atoms with Crippen LogP contribution < -0.4 is 10.6 Å². The molecule has 9 nitrogen and oxygen atoms in total. The molecule has 0 saturated heterocycles. The zero-order valence-corrected chi connectivity index (χ0v) is 17.0. The molecule has 3 N–H and O–H groups in total. The van der Waals surface area contributed by atoms with Gasteiger partial charge in [0.25, 0.3) is 0 Å². The van der Waals surface area contributed by atoms with Crippen LogP contribution in [0.2, 0.25) is 0 Å². The molecule has 0 aliphatic heterocycles. The van der Waals surface area contributed by atoms with Crippen molar-refractivity contribution in [3.8, 4) is 11.4 Å². The Balaban J connectivity index is 1.46. The second kappa shape index (κ2) is 7.03. The fraction of sp³-hybridized carbons (Fsp3) is 0.316. The van der Waals surface area contributed by atoms with Crippen molar-refractivity contribution in [3.05, 3.63) is 36.3 Å². The van der Waals surface area contributed by atoms with E-state index in [4.69, 9.17) is 5.73 Å². The predicted octanol–water partition coefficient (Wildman–Crippen LogP) is 2.89. The zero-order valence-electron chi connectivity index (χ0n) is 16.2. The molecule has 3 heterocycles. The van der Waals surface area contributed by atoms with Gasteiger partial charge in [-0.2, -0.15) is 15.0 Å². The SMILES string of the molecule is CN(C)c1nc(N)nc(CSc2nnc(-c3c[nH]c4ccccc34)n2C2CC2)n1. The van der Waals surface area contributed by atoms with Crippen LogP contribution in [0.1, 0.15) is 24.7 Å². The maximum atomic E-state index is 5.84. The van der Waals surface area contributed by atoms with E-state index < -0.39 is 0 Å². The molecule has 5 rings (SSSR count). The number of hydrogen-bond donors (Lipinski definition) is 2. The zero-order chi connectivity index (χ0) is 20.0. The summed E-state index contributed by atoms with van der Waals surface area (Å²) in [5, 5.41) is 11.0. The highest BCUT2D eigenvalue weighted by Gasteiger charge is 2.31. The van der Waals surface area contributed by atoms with Crippen LogP contribution in [0, 0.1) is 0 Å². The van der Waals surface area contributed by atoms with Crippen molar-refractivity contribution in [3.63, 3.8) is 0 Å². The summed E-state index contributed by atoms with van der Waals surface area (Å²) in [5.41, 5.74) is 8.01. The van der Waals surface area contributed by atoms with E-state index in [-0.39, 0.29) is 5.95 Å². The molecule has 0 amide bonds. The molecule has 148 valence electrons. The molecule has 1 aliphatic rings. The summed E-state index contributed by atoms with van der Waals surface area (Å²) in [6, 6.07) is 8.69. The number of nitrogens with zero attached hydrogens (tertiary/aromatic N) is 7. The lowest BCUT2D eigenvalue weighted by molar-refractivity contribution is 0.669. The van der Waals surface area contributed by atoms with Crippen LogP contribution in [-0.2, 0) is 5.75 Å². The topological polar surface area (TPSA) is 114 Å². The largest absolute Gasteiger partial charge is 0.368 e. The van der Waals surface area contributed by atoms with Crippen molar-refractivity contribution in [2.24, 2.45) is 0 Å². The first-order chi connectivity index (χ1) is 14.1. The Morgan fingerprint density at radius 2 is 2.00 bits per heavy atom. The number of aromatic amines is 1. The molecular weight excluding hydrogens is 386 g/mol. The Kier molecular flexibility index (Phi) is 4.35. The molecule has 0 spiro atoms. The maximum Gasteiger partial charge on any atom is 0.229 e. The second-order valence-corrected chi connectivity index (χ2v) is 8.19. The molecule has 1 saturated carbocycles. The third-order valence-corrected chi connectivity index (χ3v) is 5.76. The summed E-state index contributed by atoms with van der Waals surface area (Å²) in [6.07, 6.45) is 4.30. The Morgan fingerprint density at radius 1 is 1.17 bits per heavy atom. The number of fused-ring (bicyclic) bond motifs is 1. The summed E-state index contributed by atoms with van der Waals surface area (Å²) >= 11 is 1.57. The first-order valence-corrected chi connectivity index (χ1v) is 10.4. The van der Waals surface area contributed by atoms with E-state index in [2.05, 4.69) is 46.8 Å². The Morgan fingerprint density at radius 3 is 2.79 bits per heavy atom. The van der Waals surface area contributed by atoms with Crippen molar-refractivity contribution >= 4 is 34.6 Å². The van der Waals surface area contributed by atoms with Gasteiger partial charge in [-0.25, -0.2) is 0 Å². The van der Waals surface area contributed by atoms with Gasteiger partial charge in [0, 0.05) is 42.8 Å². The molecular formula is C19H21N9S. The van der Waals surface area contributed by atoms with Crippen LogP contribution in [0.4, 0.5) is 11.9 Å². The number of nitrogens with two attached hydrogens (primary N) is 1. The number of H-pyrrole nitrogens is 1. The number of thioether (sulfide) groups is 1. The van der Waals surface area contributed by atoms with E-state index in [0.717, 1.165) is 40.3 Å². The van der Waals surface area contributed by atoms with Crippen LogP contribution in [0.15, 0.2) is 35.6 Å². The van der Waals surface area contributed by atoms with Crippen LogP contribution >= 0.6 is 11.8 Å². The number of para-hydroxylation sites is 1. The Bertz CT molecular complexity index is 1180. The van der Waals surface area contributed by atoms with Gasteiger partial charge in [-0.1, -0.05) is 30.0 Å². The highest BCUT2D eigenvalue weighted by molar-refractivity contribution is 7.98. The normalized spacial score (nSPS) is 13.9. The number of nitrogens with one attached hydrogen (secondary N) is 1. The van der Waals surface area contributed by atoms with Crippen molar-refractivity contribution in [1.82, 2.24) is 34.7 Å². The van der Waals surface area contributed by atoms with E-state index >= 15 is 0 Å². The summed E-state index contributed by atoms with van der Waals surface area (Å²) in [4.78, 5) is 18.0. The van der Waals surface area contributed by atoms with Gasteiger partial charge in [-0.3, -0.25) is 4.57 Å². The Hall–Kier alpha value is -3.14.